The van der Waals surface area contributed by atoms with Gasteiger partial charge >= 0.3 is 5.97 Å². The molecule has 4 aromatic rings. The minimum Gasteiger partial charge on any atom is -0.462 e. The van der Waals surface area contributed by atoms with Crippen LogP contribution in [-0.4, -0.2) is 28.8 Å². The molecule has 6 nitrogen and oxygen atoms in total. The first-order valence-corrected chi connectivity index (χ1v) is 11.1. The average molecular weight is 443 g/mol. The van der Waals surface area contributed by atoms with Crippen LogP contribution < -0.4 is 5.43 Å². The fourth-order valence-corrected chi connectivity index (χ4v) is 3.86. The number of aromatic nitrogens is 2. The lowest BCUT2D eigenvalue weighted by Crippen LogP contribution is -2.09. The second-order valence-corrected chi connectivity index (χ2v) is 7.83. The average Bonchev–Trinajstić information content (AvgIpc) is 3.29. The van der Waals surface area contributed by atoms with Gasteiger partial charge in [-0.15, -0.1) is 11.3 Å². The number of pyridine rings is 1. The van der Waals surface area contributed by atoms with E-state index >= 15 is 0 Å². The lowest BCUT2D eigenvalue weighted by atomic mass is 10.0. The van der Waals surface area contributed by atoms with E-state index in [-0.39, 0.29) is 5.97 Å². The first kappa shape index (κ1) is 21.4. The second kappa shape index (κ2) is 9.98. The first-order chi connectivity index (χ1) is 15.7. The van der Waals surface area contributed by atoms with Gasteiger partial charge in [0.1, 0.15) is 0 Å². The van der Waals surface area contributed by atoms with Crippen LogP contribution in [0.5, 0.6) is 0 Å². The Morgan fingerprint density at radius 2 is 1.88 bits per heavy atom. The number of carbonyl (C=O) groups excluding carboxylic acids is 1. The molecule has 2 aromatic carbocycles. The molecule has 0 saturated heterocycles. The molecule has 0 amide bonds. The van der Waals surface area contributed by atoms with Gasteiger partial charge < -0.3 is 4.74 Å². The number of esters is 1. The van der Waals surface area contributed by atoms with Gasteiger partial charge in [-0.2, -0.15) is 5.10 Å². The lowest BCUT2D eigenvalue weighted by Gasteiger charge is -2.11. The molecule has 0 aliphatic carbocycles. The molecule has 2 aromatic heterocycles. The molecule has 1 N–H and O–H groups in total. The number of hydrazone groups is 1. The highest BCUT2D eigenvalue weighted by molar-refractivity contribution is 7.14. The topological polar surface area (TPSA) is 76.5 Å². The molecule has 4 rings (SSSR count). The quantitative estimate of drug-likeness (QED) is 0.222. The summed E-state index contributed by atoms with van der Waals surface area (Å²) in [6.07, 6.45) is 3.42. The van der Waals surface area contributed by atoms with Crippen LogP contribution in [-0.2, 0) is 4.74 Å². The lowest BCUT2D eigenvalue weighted by molar-refractivity contribution is 0.0526. The highest BCUT2D eigenvalue weighted by Gasteiger charge is 2.17. The Hall–Kier alpha value is -3.84. The Bertz CT molecular complexity index is 1230. The van der Waals surface area contributed by atoms with Gasteiger partial charge in [-0.25, -0.2) is 9.78 Å². The third-order valence-corrected chi connectivity index (χ3v) is 5.52. The molecule has 2 heterocycles. The number of nitrogens with zero attached hydrogens (tertiary/aromatic N) is 3. The number of thiazole rings is 1. The molecule has 0 fully saturated rings. The summed E-state index contributed by atoms with van der Waals surface area (Å²) in [6, 6.07) is 19.5. The van der Waals surface area contributed by atoms with Gasteiger partial charge in [0, 0.05) is 22.7 Å². The van der Waals surface area contributed by atoms with Crippen LogP contribution in [0.15, 0.2) is 77.3 Å². The van der Waals surface area contributed by atoms with Crippen molar-refractivity contribution in [2.75, 3.05) is 12.0 Å². The number of hydrogen-bond acceptors (Lipinski definition) is 7. The number of carbonyl (C=O) groups is 1. The Morgan fingerprint density at radius 3 is 2.62 bits per heavy atom. The van der Waals surface area contributed by atoms with E-state index in [1.807, 2.05) is 73.0 Å². The minimum atomic E-state index is -0.360. The zero-order chi connectivity index (χ0) is 22.3. The number of nitrogens with one attached hydrogen (secondary N) is 1. The van der Waals surface area contributed by atoms with Crippen molar-refractivity contribution in [3.8, 4) is 22.5 Å². The monoisotopic (exact) mass is 442 g/mol. The molecule has 0 spiro atoms. The molecule has 0 aliphatic rings. The van der Waals surface area contributed by atoms with Crippen molar-refractivity contribution >= 4 is 28.7 Å². The summed E-state index contributed by atoms with van der Waals surface area (Å²) in [4.78, 5) is 21.4. The largest absolute Gasteiger partial charge is 0.462 e. The Balaban J connectivity index is 1.46. The Morgan fingerprint density at radius 1 is 1.09 bits per heavy atom. The minimum absolute atomic E-state index is 0.320. The van der Waals surface area contributed by atoms with E-state index in [9.17, 15) is 4.79 Å². The summed E-state index contributed by atoms with van der Waals surface area (Å²) >= 11 is 1.50. The van der Waals surface area contributed by atoms with Crippen LogP contribution in [0.25, 0.3) is 22.5 Å². The first-order valence-electron chi connectivity index (χ1n) is 10.2. The van der Waals surface area contributed by atoms with Crippen molar-refractivity contribution in [3.05, 3.63) is 88.9 Å². The van der Waals surface area contributed by atoms with Gasteiger partial charge in [0.25, 0.3) is 0 Å². The molecule has 0 saturated carbocycles. The normalized spacial score (nSPS) is 10.9. The van der Waals surface area contributed by atoms with Crippen molar-refractivity contribution in [1.82, 2.24) is 9.97 Å². The van der Waals surface area contributed by atoms with E-state index < -0.39 is 0 Å². The molecule has 0 aliphatic heterocycles. The molecular formula is C25H22N4O2S. The third kappa shape index (κ3) is 4.90. The molecule has 0 bridgehead atoms. The predicted molar refractivity (Wildman–Crippen MR) is 129 cm³/mol. The maximum absolute atomic E-state index is 12.4. The van der Waals surface area contributed by atoms with Crippen LogP contribution in [0.2, 0.25) is 0 Å². The van der Waals surface area contributed by atoms with Crippen molar-refractivity contribution in [2.24, 2.45) is 5.10 Å². The van der Waals surface area contributed by atoms with E-state index in [2.05, 4.69) is 20.5 Å². The molecule has 160 valence electrons. The molecule has 32 heavy (non-hydrogen) atoms. The standard InChI is InChI=1S/C25H22N4O2S/c1-3-31-24(30)22-17(2)13-14-26-23(22)20-11-9-18(10-12-20)15-27-29-25-28-21(16-32-25)19-7-5-4-6-8-19/h4-16H,3H2,1-2H3,(H,28,29). The summed E-state index contributed by atoms with van der Waals surface area (Å²) in [5.41, 5.74) is 8.66. The second-order valence-electron chi connectivity index (χ2n) is 6.97. The van der Waals surface area contributed by atoms with Gasteiger partial charge in [0.2, 0.25) is 5.13 Å². The predicted octanol–water partition coefficient (Wildman–Crippen LogP) is 5.80. The smallest absolute Gasteiger partial charge is 0.340 e. The van der Waals surface area contributed by atoms with Crippen LogP contribution in [0.3, 0.4) is 0 Å². The third-order valence-electron chi connectivity index (χ3n) is 4.77. The Labute approximate surface area is 190 Å². The number of benzene rings is 2. The van der Waals surface area contributed by atoms with Gasteiger partial charge in [0.05, 0.1) is 29.8 Å². The van der Waals surface area contributed by atoms with Gasteiger partial charge in [-0.1, -0.05) is 54.6 Å². The molecule has 7 heteroatoms. The summed E-state index contributed by atoms with van der Waals surface area (Å²) in [6.45, 7) is 3.99. The maximum Gasteiger partial charge on any atom is 0.340 e. The summed E-state index contributed by atoms with van der Waals surface area (Å²) < 4.78 is 5.21. The van der Waals surface area contributed by atoms with Crippen LogP contribution in [0, 0.1) is 6.92 Å². The fourth-order valence-electron chi connectivity index (χ4n) is 3.19. The number of rotatable bonds is 7. The van der Waals surface area contributed by atoms with Crippen LogP contribution in [0.4, 0.5) is 5.13 Å². The molecule has 0 radical (unpaired) electrons. The molecular weight excluding hydrogens is 420 g/mol. The van der Waals surface area contributed by atoms with Gasteiger partial charge in [-0.3, -0.25) is 10.4 Å². The van der Waals surface area contributed by atoms with Gasteiger partial charge in [-0.05, 0) is 31.0 Å². The van der Waals surface area contributed by atoms with Crippen molar-refractivity contribution < 1.29 is 9.53 Å². The zero-order valence-electron chi connectivity index (χ0n) is 17.8. The SMILES string of the molecule is CCOC(=O)c1c(C)ccnc1-c1ccc(C=NNc2nc(-c3ccccc3)cs2)cc1. The molecule has 0 atom stereocenters. The highest BCUT2D eigenvalue weighted by atomic mass is 32.1. The van der Waals surface area contributed by atoms with E-state index in [1.165, 1.54) is 11.3 Å². The van der Waals surface area contributed by atoms with Gasteiger partial charge in [0.15, 0.2) is 0 Å². The van der Waals surface area contributed by atoms with Crippen LogP contribution in [0.1, 0.15) is 28.4 Å². The summed E-state index contributed by atoms with van der Waals surface area (Å²) in [5.74, 6) is -0.360. The van der Waals surface area contributed by atoms with Crippen LogP contribution >= 0.6 is 11.3 Å². The maximum atomic E-state index is 12.4. The van der Waals surface area contributed by atoms with E-state index in [1.54, 1.807) is 19.3 Å². The van der Waals surface area contributed by atoms with E-state index in [0.717, 1.165) is 33.1 Å². The summed E-state index contributed by atoms with van der Waals surface area (Å²) in [5, 5.41) is 7.01. The van der Waals surface area contributed by atoms with E-state index in [4.69, 9.17) is 4.74 Å². The Kier molecular flexibility index (Phi) is 6.67. The molecule has 0 unspecified atom stereocenters. The highest BCUT2D eigenvalue weighted by Crippen LogP contribution is 2.26. The fraction of sp³-hybridized carbons (Fsp3) is 0.120. The number of hydrogen-bond donors (Lipinski definition) is 1. The van der Waals surface area contributed by atoms with Crippen molar-refractivity contribution in [1.29, 1.82) is 0 Å². The van der Waals surface area contributed by atoms with Crippen molar-refractivity contribution in [2.45, 2.75) is 13.8 Å². The number of aryl methyl sites for hydroxylation is 1. The number of anilines is 1. The van der Waals surface area contributed by atoms with Crippen molar-refractivity contribution in [3.63, 3.8) is 0 Å². The van der Waals surface area contributed by atoms with E-state index in [0.29, 0.717) is 17.9 Å². The number of ether oxygens (including phenoxy) is 1. The summed E-state index contributed by atoms with van der Waals surface area (Å²) in [7, 11) is 0. The zero-order valence-corrected chi connectivity index (χ0v) is 18.6.